The van der Waals surface area contributed by atoms with E-state index in [1.54, 1.807) is 54.6 Å². The number of hydrogen-bond donors (Lipinski definition) is 3. The molecule has 1 atom stereocenters. The second kappa shape index (κ2) is 8.73. The first kappa shape index (κ1) is 21.0. The predicted octanol–water partition coefficient (Wildman–Crippen LogP) is 2.88. The smallest absolute Gasteiger partial charge is 0.329 e. The molecule has 1 saturated heterocycles. The zero-order valence-corrected chi connectivity index (χ0v) is 16.5. The van der Waals surface area contributed by atoms with Gasteiger partial charge >= 0.3 is 5.97 Å². The number of carbonyl (C=O) groups is 4. The third-order valence-corrected chi connectivity index (χ3v) is 5.36. The number of amides is 3. The van der Waals surface area contributed by atoms with Gasteiger partial charge in [0.15, 0.2) is 0 Å². The van der Waals surface area contributed by atoms with E-state index in [4.69, 9.17) is 5.11 Å². The highest BCUT2D eigenvalue weighted by molar-refractivity contribution is 6.27. The molecule has 3 amide bonds. The fraction of sp³-hybridized carbons (Fsp3) is 0.217. The van der Waals surface area contributed by atoms with Crippen molar-refractivity contribution in [3.8, 4) is 0 Å². The van der Waals surface area contributed by atoms with E-state index in [-0.39, 0.29) is 23.8 Å². The molecule has 0 aromatic heterocycles. The van der Waals surface area contributed by atoms with Crippen LogP contribution in [-0.4, -0.2) is 28.8 Å². The number of carboxylic acid groups (broad SMARTS) is 1. The zero-order valence-electron chi connectivity index (χ0n) is 16.5. The van der Waals surface area contributed by atoms with Gasteiger partial charge in [0.1, 0.15) is 0 Å². The second-order valence-corrected chi connectivity index (χ2v) is 7.11. The van der Waals surface area contributed by atoms with E-state index in [1.807, 2.05) is 6.92 Å². The van der Waals surface area contributed by atoms with Crippen LogP contribution in [0.25, 0.3) is 5.57 Å². The summed E-state index contributed by atoms with van der Waals surface area (Å²) in [4.78, 5) is 47.9. The lowest BCUT2D eigenvalue weighted by Crippen LogP contribution is -2.51. The van der Waals surface area contributed by atoms with Crippen molar-refractivity contribution in [3.63, 3.8) is 0 Å². The van der Waals surface area contributed by atoms with Crippen molar-refractivity contribution in [2.75, 3.05) is 5.32 Å². The Morgan fingerprint density at radius 1 is 1.10 bits per heavy atom. The van der Waals surface area contributed by atoms with E-state index in [9.17, 15) is 19.2 Å². The number of carbonyl (C=O) groups excluding carboxylic acids is 3. The molecule has 3 rings (SSSR count). The molecular weight excluding hydrogens is 384 g/mol. The van der Waals surface area contributed by atoms with E-state index in [0.717, 1.165) is 11.6 Å². The van der Waals surface area contributed by atoms with Gasteiger partial charge in [-0.3, -0.25) is 19.7 Å². The number of nitrogens with one attached hydrogen (secondary N) is 2. The zero-order chi connectivity index (χ0) is 21.7. The van der Waals surface area contributed by atoms with Gasteiger partial charge in [0, 0.05) is 18.2 Å². The number of imide groups is 1. The number of anilines is 1. The first-order valence-corrected chi connectivity index (χ1v) is 9.62. The van der Waals surface area contributed by atoms with Crippen molar-refractivity contribution < 1.29 is 24.3 Å². The highest BCUT2D eigenvalue weighted by Crippen LogP contribution is 2.36. The number of benzene rings is 2. The number of hydrogen-bond acceptors (Lipinski definition) is 4. The van der Waals surface area contributed by atoms with Crippen LogP contribution in [0.4, 0.5) is 5.69 Å². The maximum absolute atomic E-state index is 12.7. The highest BCUT2D eigenvalue weighted by Gasteiger charge is 2.42. The van der Waals surface area contributed by atoms with Gasteiger partial charge in [0.25, 0.3) is 5.91 Å². The highest BCUT2D eigenvalue weighted by atomic mass is 16.4. The lowest BCUT2D eigenvalue weighted by molar-refractivity contribution is -0.138. The van der Waals surface area contributed by atoms with Crippen LogP contribution >= 0.6 is 0 Å². The Bertz CT molecular complexity index is 1010. The van der Waals surface area contributed by atoms with Crippen molar-refractivity contribution in [2.45, 2.75) is 31.6 Å². The van der Waals surface area contributed by atoms with Gasteiger partial charge in [-0.25, -0.2) is 4.79 Å². The SMILES string of the molecule is CCC1(c2ccc(NC(=O)/C(=C/C(=O)O)c3ccccc3)cc2)CCC(=O)NC1=O. The van der Waals surface area contributed by atoms with Crippen LogP contribution in [0, 0.1) is 0 Å². The fourth-order valence-corrected chi connectivity index (χ4v) is 3.66. The lowest BCUT2D eigenvalue weighted by atomic mass is 9.72. The summed E-state index contributed by atoms with van der Waals surface area (Å²) in [5, 5.41) is 14.2. The molecule has 0 radical (unpaired) electrons. The van der Waals surface area contributed by atoms with E-state index in [0.29, 0.717) is 24.1 Å². The monoisotopic (exact) mass is 406 g/mol. The average Bonchev–Trinajstić information content (AvgIpc) is 2.74. The Hall–Kier alpha value is -3.74. The molecular formula is C23H22N2O5. The quantitative estimate of drug-likeness (QED) is 0.504. The summed E-state index contributed by atoms with van der Waals surface area (Å²) in [5.41, 5.74) is 0.964. The van der Waals surface area contributed by atoms with E-state index < -0.39 is 17.3 Å². The van der Waals surface area contributed by atoms with Gasteiger partial charge in [-0.1, -0.05) is 49.4 Å². The van der Waals surface area contributed by atoms with Crippen LogP contribution in [0.15, 0.2) is 60.7 Å². The number of rotatable bonds is 6. The lowest BCUT2D eigenvalue weighted by Gasteiger charge is -2.35. The predicted molar refractivity (Wildman–Crippen MR) is 111 cm³/mol. The van der Waals surface area contributed by atoms with Crippen molar-refractivity contribution >= 4 is 35.0 Å². The molecule has 154 valence electrons. The maximum atomic E-state index is 12.7. The molecule has 0 saturated carbocycles. The first-order chi connectivity index (χ1) is 14.4. The van der Waals surface area contributed by atoms with Crippen molar-refractivity contribution in [2.24, 2.45) is 0 Å². The molecule has 0 spiro atoms. The summed E-state index contributed by atoms with van der Waals surface area (Å²) in [6.45, 7) is 1.90. The van der Waals surface area contributed by atoms with E-state index in [1.165, 1.54) is 0 Å². The third kappa shape index (κ3) is 4.30. The maximum Gasteiger partial charge on any atom is 0.329 e. The van der Waals surface area contributed by atoms with Gasteiger partial charge in [-0.05, 0) is 36.1 Å². The van der Waals surface area contributed by atoms with Crippen LogP contribution in [-0.2, 0) is 24.6 Å². The molecule has 1 unspecified atom stereocenters. The summed E-state index contributed by atoms with van der Waals surface area (Å²) in [5.74, 6) is -2.36. The molecule has 0 aliphatic carbocycles. The summed E-state index contributed by atoms with van der Waals surface area (Å²) in [6.07, 6.45) is 2.11. The fourth-order valence-electron chi connectivity index (χ4n) is 3.66. The van der Waals surface area contributed by atoms with Crippen LogP contribution in [0.2, 0.25) is 0 Å². The number of piperidine rings is 1. The molecule has 1 heterocycles. The van der Waals surface area contributed by atoms with Crippen molar-refractivity contribution in [1.82, 2.24) is 5.32 Å². The summed E-state index contributed by atoms with van der Waals surface area (Å²) >= 11 is 0. The van der Waals surface area contributed by atoms with E-state index >= 15 is 0 Å². The number of carboxylic acids is 1. The molecule has 2 aromatic carbocycles. The molecule has 7 nitrogen and oxygen atoms in total. The number of aliphatic carboxylic acids is 1. The molecule has 1 aliphatic heterocycles. The van der Waals surface area contributed by atoms with Gasteiger partial charge in [-0.15, -0.1) is 0 Å². The minimum atomic E-state index is -1.22. The van der Waals surface area contributed by atoms with Gasteiger partial charge < -0.3 is 10.4 Å². The second-order valence-electron chi connectivity index (χ2n) is 7.11. The molecule has 2 aromatic rings. The van der Waals surface area contributed by atoms with E-state index in [2.05, 4.69) is 10.6 Å². The summed E-state index contributed by atoms with van der Waals surface area (Å²) in [7, 11) is 0. The van der Waals surface area contributed by atoms with Gasteiger partial charge in [0.2, 0.25) is 11.8 Å². The summed E-state index contributed by atoms with van der Waals surface area (Å²) in [6, 6.07) is 15.4. The van der Waals surface area contributed by atoms with Crippen molar-refractivity contribution in [1.29, 1.82) is 0 Å². The minimum Gasteiger partial charge on any atom is -0.478 e. The van der Waals surface area contributed by atoms with Gasteiger partial charge in [-0.2, -0.15) is 0 Å². The molecule has 3 N–H and O–H groups in total. The van der Waals surface area contributed by atoms with Crippen LogP contribution in [0.5, 0.6) is 0 Å². The van der Waals surface area contributed by atoms with Crippen LogP contribution < -0.4 is 10.6 Å². The molecule has 1 fully saturated rings. The van der Waals surface area contributed by atoms with Crippen LogP contribution in [0.1, 0.15) is 37.3 Å². The molecule has 30 heavy (non-hydrogen) atoms. The Kier molecular flexibility index (Phi) is 6.11. The molecule has 1 aliphatic rings. The standard InChI is InChI=1S/C23H22N2O5/c1-2-23(13-12-19(26)25-22(23)30)16-8-10-17(11-9-16)24-21(29)18(14-20(27)28)15-6-4-3-5-7-15/h3-11,14H,2,12-13H2,1H3,(H,24,29)(H,27,28)(H,25,26,30)/b18-14+. The largest absolute Gasteiger partial charge is 0.478 e. The first-order valence-electron chi connectivity index (χ1n) is 9.62. The Balaban J connectivity index is 1.82. The average molecular weight is 406 g/mol. The van der Waals surface area contributed by atoms with Gasteiger partial charge in [0.05, 0.1) is 11.0 Å². The third-order valence-electron chi connectivity index (χ3n) is 5.36. The van der Waals surface area contributed by atoms with Crippen molar-refractivity contribution in [3.05, 3.63) is 71.8 Å². The summed E-state index contributed by atoms with van der Waals surface area (Å²) < 4.78 is 0. The minimum absolute atomic E-state index is 0.0300. The Morgan fingerprint density at radius 3 is 2.33 bits per heavy atom. The normalized spacial score (nSPS) is 19.2. The Morgan fingerprint density at radius 2 is 1.77 bits per heavy atom. The topological polar surface area (TPSA) is 113 Å². The Labute approximate surface area is 173 Å². The molecule has 7 heteroatoms. The van der Waals surface area contributed by atoms with Crippen LogP contribution in [0.3, 0.4) is 0 Å². The molecule has 0 bridgehead atoms.